The SMILES string of the molecule is CC(C)(C)OC(=O)NCCCN1CC(c2ccnc(Cl)n2)C1. The Labute approximate surface area is 136 Å². The third-order valence-electron chi connectivity index (χ3n) is 3.34. The second-order valence-electron chi connectivity index (χ2n) is 6.49. The molecule has 1 aliphatic rings. The molecular formula is C15H23ClN4O2. The number of carbonyl (C=O) groups is 1. The Morgan fingerprint density at radius 1 is 1.50 bits per heavy atom. The predicted octanol–water partition coefficient (Wildman–Crippen LogP) is 2.44. The first-order valence-corrected chi connectivity index (χ1v) is 7.89. The molecule has 122 valence electrons. The lowest BCUT2D eigenvalue weighted by Gasteiger charge is -2.38. The molecule has 2 heterocycles. The van der Waals surface area contributed by atoms with Crippen LogP contribution in [-0.4, -0.2) is 52.7 Å². The van der Waals surface area contributed by atoms with Crippen molar-refractivity contribution in [2.75, 3.05) is 26.2 Å². The average molecular weight is 327 g/mol. The molecule has 1 aromatic heterocycles. The van der Waals surface area contributed by atoms with Crippen molar-refractivity contribution in [1.82, 2.24) is 20.2 Å². The zero-order chi connectivity index (χ0) is 16.2. The van der Waals surface area contributed by atoms with E-state index in [1.165, 1.54) is 0 Å². The van der Waals surface area contributed by atoms with E-state index >= 15 is 0 Å². The number of nitrogens with zero attached hydrogens (tertiary/aromatic N) is 3. The van der Waals surface area contributed by atoms with Gasteiger partial charge in [-0.25, -0.2) is 14.8 Å². The van der Waals surface area contributed by atoms with Gasteiger partial charge in [-0.3, -0.25) is 0 Å². The Hall–Kier alpha value is -1.40. The molecule has 1 amide bonds. The Bertz CT molecular complexity index is 513. The highest BCUT2D eigenvalue weighted by Crippen LogP contribution is 2.25. The molecule has 6 nitrogen and oxygen atoms in total. The van der Waals surface area contributed by atoms with Gasteiger partial charge in [-0.15, -0.1) is 0 Å². The lowest BCUT2D eigenvalue weighted by atomic mass is 9.96. The maximum Gasteiger partial charge on any atom is 0.407 e. The van der Waals surface area contributed by atoms with E-state index in [-0.39, 0.29) is 6.09 Å². The van der Waals surface area contributed by atoms with Crippen LogP contribution < -0.4 is 5.32 Å². The van der Waals surface area contributed by atoms with Crippen LogP contribution in [0.3, 0.4) is 0 Å². The van der Waals surface area contributed by atoms with Crippen LogP contribution in [0.1, 0.15) is 38.8 Å². The van der Waals surface area contributed by atoms with E-state index in [2.05, 4.69) is 20.2 Å². The van der Waals surface area contributed by atoms with Gasteiger partial charge in [0.25, 0.3) is 0 Å². The molecule has 1 saturated heterocycles. The third-order valence-corrected chi connectivity index (χ3v) is 3.52. The van der Waals surface area contributed by atoms with Crippen LogP contribution in [0.4, 0.5) is 4.79 Å². The first kappa shape index (κ1) is 17.0. The van der Waals surface area contributed by atoms with Crippen LogP contribution in [0.15, 0.2) is 12.3 Å². The fraction of sp³-hybridized carbons (Fsp3) is 0.667. The summed E-state index contributed by atoms with van der Waals surface area (Å²) in [5.74, 6) is 0.430. The highest BCUT2D eigenvalue weighted by Gasteiger charge is 2.28. The van der Waals surface area contributed by atoms with Gasteiger partial charge >= 0.3 is 6.09 Å². The molecule has 0 aromatic carbocycles. The molecule has 7 heteroatoms. The van der Waals surface area contributed by atoms with E-state index in [1.54, 1.807) is 6.20 Å². The molecule has 1 aromatic rings. The number of hydrogen-bond donors (Lipinski definition) is 1. The summed E-state index contributed by atoms with van der Waals surface area (Å²) in [6.45, 7) is 9.07. The number of nitrogens with one attached hydrogen (secondary N) is 1. The molecule has 1 N–H and O–H groups in total. The smallest absolute Gasteiger partial charge is 0.407 e. The van der Waals surface area contributed by atoms with E-state index in [1.807, 2.05) is 26.8 Å². The number of rotatable bonds is 5. The van der Waals surface area contributed by atoms with Gasteiger partial charge in [-0.2, -0.15) is 0 Å². The molecule has 0 unspecified atom stereocenters. The van der Waals surface area contributed by atoms with Gasteiger partial charge in [-0.1, -0.05) is 0 Å². The standard InChI is InChI=1S/C15H23ClN4O2/c1-15(2,3)22-14(21)18-6-4-8-20-9-11(10-20)12-5-7-17-13(16)19-12/h5,7,11H,4,6,8-10H2,1-3H3,(H,18,21). The van der Waals surface area contributed by atoms with Gasteiger partial charge in [0.1, 0.15) is 5.60 Å². The first-order valence-electron chi connectivity index (χ1n) is 7.51. The summed E-state index contributed by atoms with van der Waals surface area (Å²) in [7, 11) is 0. The van der Waals surface area contributed by atoms with Crippen molar-refractivity contribution in [2.24, 2.45) is 0 Å². The van der Waals surface area contributed by atoms with Crippen LogP contribution in [0.2, 0.25) is 5.28 Å². The Kier molecular flexibility index (Phi) is 5.58. The topological polar surface area (TPSA) is 67.3 Å². The molecule has 0 atom stereocenters. The summed E-state index contributed by atoms with van der Waals surface area (Å²) in [6, 6.07) is 1.91. The number of amides is 1. The minimum Gasteiger partial charge on any atom is -0.444 e. The molecule has 0 aliphatic carbocycles. The zero-order valence-electron chi connectivity index (χ0n) is 13.3. The van der Waals surface area contributed by atoms with Crippen molar-refractivity contribution in [1.29, 1.82) is 0 Å². The van der Waals surface area contributed by atoms with Gasteiger partial charge in [-0.05, 0) is 51.4 Å². The van der Waals surface area contributed by atoms with Gasteiger partial charge in [0.2, 0.25) is 5.28 Å². The maximum atomic E-state index is 11.5. The van der Waals surface area contributed by atoms with E-state index in [0.29, 0.717) is 17.7 Å². The molecule has 0 saturated carbocycles. The molecule has 0 radical (unpaired) electrons. The fourth-order valence-electron chi connectivity index (χ4n) is 2.32. The van der Waals surface area contributed by atoms with Crippen molar-refractivity contribution >= 4 is 17.7 Å². The zero-order valence-corrected chi connectivity index (χ0v) is 14.1. The van der Waals surface area contributed by atoms with Crippen molar-refractivity contribution in [3.8, 4) is 0 Å². The molecule has 0 spiro atoms. The largest absolute Gasteiger partial charge is 0.444 e. The van der Waals surface area contributed by atoms with Crippen LogP contribution >= 0.6 is 11.6 Å². The van der Waals surface area contributed by atoms with Crippen LogP contribution in [-0.2, 0) is 4.74 Å². The van der Waals surface area contributed by atoms with Crippen LogP contribution in [0, 0.1) is 0 Å². The molecule has 1 fully saturated rings. The number of alkyl carbamates (subject to hydrolysis) is 1. The number of halogens is 1. The number of carbonyl (C=O) groups excluding carboxylic acids is 1. The summed E-state index contributed by atoms with van der Waals surface area (Å²) in [5, 5.41) is 3.07. The van der Waals surface area contributed by atoms with Gasteiger partial charge in [0, 0.05) is 31.7 Å². The molecule has 22 heavy (non-hydrogen) atoms. The van der Waals surface area contributed by atoms with Crippen LogP contribution in [0.5, 0.6) is 0 Å². The summed E-state index contributed by atoms with van der Waals surface area (Å²) in [4.78, 5) is 21.9. The second-order valence-corrected chi connectivity index (χ2v) is 6.83. The monoisotopic (exact) mass is 326 g/mol. The summed E-state index contributed by atoms with van der Waals surface area (Å²) in [6.07, 6.45) is 2.23. The van der Waals surface area contributed by atoms with Crippen molar-refractivity contribution in [2.45, 2.75) is 38.7 Å². The normalized spacial score (nSPS) is 16.2. The van der Waals surface area contributed by atoms with Crippen molar-refractivity contribution in [3.05, 3.63) is 23.2 Å². The highest BCUT2D eigenvalue weighted by atomic mass is 35.5. The summed E-state index contributed by atoms with van der Waals surface area (Å²) >= 11 is 5.80. The Morgan fingerprint density at radius 3 is 2.86 bits per heavy atom. The molecular weight excluding hydrogens is 304 g/mol. The quantitative estimate of drug-likeness (QED) is 0.665. The van der Waals surface area contributed by atoms with E-state index in [0.717, 1.165) is 31.7 Å². The first-order chi connectivity index (χ1) is 10.3. The highest BCUT2D eigenvalue weighted by molar-refractivity contribution is 6.28. The predicted molar refractivity (Wildman–Crippen MR) is 85.1 cm³/mol. The van der Waals surface area contributed by atoms with Gasteiger partial charge in [0.15, 0.2) is 0 Å². The third kappa shape index (κ3) is 5.42. The van der Waals surface area contributed by atoms with Gasteiger partial charge in [0.05, 0.1) is 5.69 Å². The molecule has 1 aliphatic heterocycles. The van der Waals surface area contributed by atoms with Gasteiger partial charge < -0.3 is 15.0 Å². The van der Waals surface area contributed by atoms with E-state index in [4.69, 9.17) is 16.3 Å². The number of likely N-dealkylation sites (tertiary alicyclic amines) is 1. The lowest BCUT2D eigenvalue weighted by Crippen LogP contribution is -2.46. The second kappa shape index (κ2) is 7.24. The maximum absolute atomic E-state index is 11.5. The van der Waals surface area contributed by atoms with E-state index in [9.17, 15) is 4.79 Å². The summed E-state index contributed by atoms with van der Waals surface area (Å²) in [5.41, 5.74) is 0.552. The summed E-state index contributed by atoms with van der Waals surface area (Å²) < 4.78 is 5.18. The molecule has 2 rings (SSSR count). The van der Waals surface area contributed by atoms with E-state index < -0.39 is 5.60 Å². The van der Waals surface area contributed by atoms with Crippen molar-refractivity contribution in [3.63, 3.8) is 0 Å². The number of ether oxygens (including phenoxy) is 1. The minimum atomic E-state index is -0.451. The van der Waals surface area contributed by atoms with Crippen molar-refractivity contribution < 1.29 is 9.53 Å². The Morgan fingerprint density at radius 2 is 2.23 bits per heavy atom. The lowest BCUT2D eigenvalue weighted by molar-refractivity contribution is 0.0523. The fourth-order valence-corrected chi connectivity index (χ4v) is 2.48. The Balaban J connectivity index is 1.58. The minimum absolute atomic E-state index is 0.303. The molecule has 0 bridgehead atoms. The number of aromatic nitrogens is 2. The number of hydrogen-bond acceptors (Lipinski definition) is 5. The van der Waals surface area contributed by atoms with Crippen LogP contribution in [0.25, 0.3) is 0 Å². The average Bonchev–Trinajstić information content (AvgIpc) is 2.34.